The third kappa shape index (κ3) is 7.68. The summed E-state index contributed by atoms with van der Waals surface area (Å²) in [6, 6.07) is 21.6. The van der Waals surface area contributed by atoms with Crippen molar-refractivity contribution in [1.82, 2.24) is 18.9 Å². The zero-order valence-electron chi connectivity index (χ0n) is 32.3. The summed E-state index contributed by atoms with van der Waals surface area (Å²) in [7, 11) is -2.68. The second-order valence-corrected chi connectivity index (χ2v) is 17.8. The first-order valence-corrected chi connectivity index (χ1v) is 21.5. The molecule has 0 saturated carbocycles. The Morgan fingerprint density at radius 2 is 1.84 bits per heavy atom. The molecule has 6 bridgehead atoms. The summed E-state index contributed by atoms with van der Waals surface area (Å²) in [5.74, 6) is -1.26. The molecule has 7 aromatic rings. The van der Waals surface area contributed by atoms with Crippen LogP contribution in [0.2, 0.25) is 0 Å². The van der Waals surface area contributed by atoms with Gasteiger partial charge >= 0.3 is 5.97 Å². The van der Waals surface area contributed by atoms with Gasteiger partial charge in [-0.05, 0) is 87.1 Å². The lowest BCUT2D eigenvalue weighted by molar-refractivity contribution is -0.140. The number of thiazole rings is 1. The maximum Gasteiger partial charge on any atom is 0.305 e. The van der Waals surface area contributed by atoms with Crippen LogP contribution in [0.1, 0.15) is 77.7 Å². The van der Waals surface area contributed by atoms with Gasteiger partial charge in [0.15, 0.2) is 11.6 Å². The molecule has 4 aromatic carbocycles. The summed E-state index contributed by atoms with van der Waals surface area (Å²) in [5, 5.41) is 3.38. The number of benzene rings is 4. The van der Waals surface area contributed by atoms with Crippen LogP contribution in [0.25, 0.3) is 22.3 Å². The van der Waals surface area contributed by atoms with E-state index in [1.54, 1.807) is 24.4 Å². The van der Waals surface area contributed by atoms with Crippen molar-refractivity contribution in [2.75, 3.05) is 7.11 Å². The lowest BCUT2D eigenvalue weighted by atomic mass is 9.75. The van der Waals surface area contributed by atoms with Gasteiger partial charge in [-0.25, -0.2) is 31.1 Å². The van der Waals surface area contributed by atoms with Crippen LogP contribution in [0, 0.1) is 18.6 Å². The molecule has 0 saturated heterocycles. The van der Waals surface area contributed by atoms with Crippen LogP contribution in [0.3, 0.4) is 0 Å². The molecular formula is C45H42F2N4O5S2. The lowest BCUT2D eigenvalue weighted by Crippen LogP contribution is -2.24. The second kappa shape index (κ2) is 15.9. The minimum absolute atomic E-state index is 0.0791. The maximum atomic E-state index is 16.5. The van der Waals surface area contributed by atoms with E-state index < -0.39 is 27.1 Å². The number of ether oxygens (including phenoxy) is 2. The molecule has 8 rings (SSSR count). The number of esters is 1. The van der Waals surface area contributed by atoms with Crippen molar-refractivity contribution in [2.24, 2.45) is 0 Å². The van der Waals surface area contributed by atoms with Gasteiger partial charge in [-0.3, -0.25) is 4.79 Å². The minimum Gasteiger partial charge on any atom is -0.469 e. The standard InChI is InChI=1S/C45H42F2N4O5S2/c1-28-11-15-33(16-12-28)58(53,54)51-21-19-34-35-23-31-27-57-41(49-31)10-5-4-6-20-45(2,30-9-7-8-29(22-30)13-18-42(52)55-3)40-26-48-44(50-40)36-24-32(14-17-37(36)46)56-43(35)38(47)25-39(34)51/h7-9,11-12,14-17,19,21-22,24-27H,4-6,10,13,18,20,23H2,1-3H3,(H,48,50). The number of aromatic nitrogens is 4. The summed E-state index contributed by atoms with van der Waals surface area (Å²) in [5.41, 5.74) is 4.63. The van der Waals surface area contributed by atoms with Crippen molar-refractivity contribution in [3.63, 3.8) is 0 Å². The Labute approximate surface area is 339 Å². The number of methoxy groups -OCH3 is 1. The molecule has 1 N–H and O–H groups in total. The Balaban J connectivity index is 1.22. The van der Waals surface area contributed by atoms with Crippen LogP contribution in [-0.2, 0) is 44.2 Å². The number of rotatable bonds is 6. The van der Waals surface area contributed by atoms with Gasteiger partial charge in [0.05, 0.1) is 33.8 Å². The van der Waals surface area contributed by atoms with Gasteiger partial charge in [0.25, 0.3) is 10.0 Å². The highest BCUT2D eigenvalue weighted by Crippen LogP contribution is 2.41. The average Bonchev–Trinajstić information content (AvgIpc) is 4.00. The highest BCUT2D eigenvalue weighted by molar-refractivity contribution is 7.90. The number of H-pyrrole nitrogens is 1. The highest BCUT2D eigenvalue weighted by atomic mass is 32.2. The predicted molar refractivity (Wildman–Crippen MR) is 220 cm³/mol. The molecule has 298 valence electrons. The first-order valence-electron chi connectivity index (χ1n) is 19.2. The molecule has 0 fully saturated rings. The molecule has 0 amide bonds. The Bertz CT molecular complexity index is 2760. The Morgan fingerprint density at radius 3 is 2.66 bits per heavy atom. The molecule has 1 aliphatic heterocycles. The summed E-state index contributed by atoms with van der Waals surface area (Å²) in [6.45, 7) is 4.02. The molecule has 13 heteroatoms. The first kappa shape index (κ1) is 39.2. The molecule has 1 unspecified atom stereocenters. The van der Waals surface area contributed by atoms with Crippen LogP contribution < -0.4 is 4.74 Å². The third-order valence-corrected chi connectivity index (χ3v) is 13.7. The summed E-state index contributed by atoms with van der Waals surface area (Å²) in [6.07, 6.45) is 8.37. The van der Waals surface area contributed by atoms with E-state index in [1.807, 2.05) is 24.4 Å². The van der Waals surface area contributed by atoms with Gasteiger partial charge in [0, 0.05) is 58.7 Å². The van der Waals surface area contributed by atoms with Gasteiger partial charge in [-0.2, -0.15) is 0 Å². The Morgan fingerprint density at radius 1 is 1.02 bits per heavy atom. The molecular weight excluding hydrogens is 779 g/mol. The maximum absolute atomic E-state index is 16.5. The van der Waals surface area contributed by atoms with Crippen LogP contribution in [0.4, 0.5) is 8.78 Å². The number of halogens is 2. The Kier molecular flexibility index (Phi) is 10.8. The van der Waals surface area contributed by atoms with Crippen LogP contribution >= 0.6 is 11.3 Å². The summed E-state index contributed by atoms with van der Waals surface area (Å²) >= 11 is 1.54. The lowest BCUT2D eigenvalue weighted by Gasteiger charge is -2.30. The molecule has 0 radical (unpaired) electrons. The van der Waals surface area contributed by atoms with Gasteiger partial charge < -0.3 is 14.5 Å². The average molecular weight is 821 g/mol. The molecule has 1 atom stereocenters. The molecule has 0 aliphatic carbocycles. The van der Waals surface area contributed by atoms with E-state index in [1.165, 1.54) is 55.0 Å². The van der Waals surface area contributed by atoms with Crippen LogP contribution in [0.5, 0.6) is 11.5 Å². The monoisotopic (exact) mass is 820 g/mol. The molecule has 58 heavy (non-hydrogen) atoms. The molecule has 1 aliphatic rings. The number of nitrogens with one attached hydrogen (secondary N) is 1. The quantitative estimate of drug-likeness (QED) is 0.166. The second-order valence-electron chi connectivity index (χ2n) is 15.0. The number of nitrogens with zero attached hydrogens (tertiary/aromatic N) is 3. The highest BCUT2D eigenvalue weighted by Gasteiger charge is 2.32. The fourth-order valence-corrected chi connectivity index (χ4v) is 9.89. The van der Waals surface area contributed by atoms with Crippen LogP contribution in [-0.4, -0.2) is 40.4 Å². The van der Waals surface area contributed by atoms with Gasteiger partial charge in [-0.1, -0.05) is 54.8 Å². The number of hydrogen-bond donors (Lipinski definition) is 1. The SMILES string of the molecule is COC(=O)CCc1cccc(C2(C)CCCCCc3nc(cs3)Cc3c(c(F)cc4c3ccn4S(=O)(=O)c3ccc(C)cc3)Oc3ccc(F)c(c3)-c3ncc2[nH]3)c1. The van der Waals surface area contributed by atoms with Crippen molar-refractivity contribution in [1.29, 1.82) is 0 Å². The number of carbonyl (C=O) groups excluding carboxylic acids is 1. The van der Waals surface area contributed by atoms with Gasteiger partial charge in [0.2, 0.25) is 0 Å². The van der Waals surface area contributed by atoms with E-state index >= 15 is 8.78 Å². The Hall–Kier alpha value is -5.66. The summed E-state index contributed by atoms with van der Waals surface area (Å²) < 4.78 is 72.2. The van der Waals surface area contributed by atoms with Crippen molar-refractivity contribution in [3.8, 4) is 22.9 Å². The van der Waals surface area contributed by atoms with E-state index in [2.05, 4.69) is 29.0 Å². The number of aryl methyl sites for hydroxylation is 3. The first-order chi connectivity index (χ1) is 27.9. The predicted octanol–water partition coefficient (Wildman–Crippen LogP) is 10.2. The molecule has 9 nitrogen and oxygen atoms in total. The third-order valence-electron chi connectivity index (χ3n) is 11.1. The normalized spacial score (nSPS) is 16.2. The van der Waals surface area contributed by atoms with E-state index in [9.17, 15) is 13.2 Å². The summed E-state index contributed by atoms with van der Waals surface area (Å²) in [4.78, 5) is 25.0. The zero-order valence-corrected chi connectivity index (χ0v) is 34.0. The van der Waals surface area contributed by atoms with E-state index in [4.69, 9.17) is 14.5 Å². The minimum atomic E-state index is -4.07. The zero-order chi connectivity index (χ0) is 40.6. The fraction of sp³-hybridized carbons (Fsp3) is 0.267. The number of carbonyl (C=O) groups is 1. The number of aromatic amines is 1. The van der Waals surface area contributed by atoms with Crippen molar-refractivity contribution in [3.05, 3.63) is 147 Å². The topological polar surface area (TPSA) is 116 Å². The van der Waals surface area contributed by atoms with Gasteiger partial charge in [-0.15, -0.1) is 11.3 Å². The van der Waals surface area contributed by atoms with Crippen molar-refractivity contribution >= 4 is 38.2 Å². The van der Waals surface area contributed by atoms with Gasteiger partial charge in [0.1, 0.15) is 17.4 Å². The molecule has 3 aromatic heterocycles. The number of hydrogen-bond acceptors (Lipinski definition) is 8. The smallest absolute Gasteiger partial charge is 0.305 e. The molecule has 0 spiro atoms. The van der Waals surface area contributed by atoms with E-state index in [0.717, 1.165) is 69.5 Å². The largest absolute Gasteiger partial charge is 0.469 e. The van der Waals surface area contributed by atoms with Crippen molar-refractivity contribution in [2.45, 2.75) is 75.5 Å². The van der Waals surface area contributed by atoms with Crippen molar-refractivity contribution < 1.29 is 31.5 Å². The fourth-order valence-electron chi connectivity index (χ4n) is 7.71. The molecule has 4 heterocycles. The number of imidazole rings is 1. The van der Waals surface area contributed by atoms with E-state index in [0.29, 0.717) is 23.1 Å². The van der Waals surface area contributed by atoms with Crippen LogP contribution in [0.15, 0.2) is 102 Å². The van der Waals surface area contributed by atoms with E-state index in [-0.39, 0.29) is 52.1 Å². The number of fused-ring (bicyclic) bond motifs is 10.